The van der Waals surface area contributed by atoms with Gasteiger partial charge in [-0.05, 0) is 24.3 Å². The van der Waals surface area contributed by atoms with Crippen LogP contribution in [0.2, 0.25) is 0 Å². The Labute approximate surface area is 139 Å². The van der Waals surface area contributed by atoms with Gasteiger partial charge in [0.2, 0.25) is 0 Å². The summed E-state index contributed by atoms with van der Waals surface area (Å²) < 4.78 is 0. The zero-order valence-electron chi connectivity index (χ0n) is 12.7. The van der Waals surface area contributed by atoms with Crippen LogP contribution in [0.5, 0.6) is 0 Å². The van der Waals surface area contributed by atoms with Gasteiger partial charge in [0.25, 0.3) is 5.69 Å². The lowest BCUT2D eigenvalue weighted by Gasteiger charge is -1.92. The van der Waals surface area contributed by atoms with Crippen LogP contribution in [0.15, 0.2) is 36.4 Å². The van der Waals surface area contributed by atoms with Crippen LogP contribution in [0, 0.1) is 10.1 Å². The van der Waals surface area contributed by atoms with Crippen LogP contribution in [-0.2, 0) is 6.42 Å². The first-order valence-electron chi connectivity index (χ1n) is 7.35. The van der Waals surface area contributed by atoms with E-state index in [4.69, 9.17) is 5.11 Å². The van der Waals surface area contributed by atoms with Crippen molar-refractivity contribution in [3.8, 4) is 0 Å². The van der Waals surface area contributed by atoms with Gasteiger partial charge in [0.1, 0.15) is 11.6 Å². The topological polar surface area (TPSA) is 138 Å². The molecule has 0 atom stereocenters. The van der Waals surface area contributed by atoms with Crippen LogP contribution in [-0.4, -0.2) is 35.9 Å². The van der Waals surface area contributed by atoms with Gasteiger partial charge in [0, 0.05) is 6.07 Å². The number of fused-ring (bicyclic) bond motifs is 2. The number of carboxylic acids is 1. The maximum atomic E-state index is 11.1. The van der Waals surface area contributed by atoms with Gasteiger partial charge in [-0.25, -0.2) is 14.8 Å². The summed E-state index contributed by atoms with van der Waals surface area (Å²) in [6.45, 7) is 0. The smallest absolute Gasteiger partial charge is 0.335 e. The van der Waals surface area contributed by atoms with Crippen LogP contribution >= 0.6 is 0 Å². The molecule has 0 bridgehead atoms. The maximum absolute atomic E-state index is 11.1. The number of hydrogen-bond donors (Lipinski definition) is 3. The van der Waals surface area contributed by atoms with Crippen molar-refractivity contribution < 1.29 is 14.8 Å². The largest absolute Gasteiger partial charge is 0.478 e. The van der Waals surface area contributed by atoms with Crippen LogP contribution in [0.1, 0.15) is 22.0 Å². The van der Waals surface area contributed by atoms with E-state index in [0.29, 0.717) is 40.1 Å². The number of benzene rings is 2. The number of nitro groups is 1. The van der Waals surface area contributed by atoms with Crippen molar-refractivity contribution in [3.05, 3.63) is 63.7 Å². The van der Waals surface area contributed by atoms with Gasteiger partial charge >= 0.3 is 5.97 Å². The van der Waals surface area contributed by atoms with Gasteiger partial charge in [-0.3, -0.25) is 10.1 Å². The van der Waals surface area contributed by atoms with Crippen molar-refractivity contribution in [1.82, 2.24) is 19.9 Å². The fourth-order valence-electron chi connectivity index (χ4n) is 2.74. The Morgan fingerprint density at radius 1 is 1.12 bits per heavy atom. The molecule has 3 N–H and O–H groups in total. The molecule has 4 rings (SSSR count). The fourth-order valence-corrected chi connectivity index (χ4v) is 2.74. The van der Waals surface area contributed by atoms with Crippen LogP contribution in [0.4, 0.5) is 5.69 Å². The molecule has 0 aliphatic carbocycles. The number of imidazole rings is 2. The monoisotopic (exact) mass is 337 g/mol. The highest BCUT2D eigenvalue weighted by molar-refractivity contribution is 5.92. The van der Waals surface area contributed by atoms with E-state index in [-0.39, 0.29) is 11.3 Å². The number of H-pyrrole nitrogens is 2. The predicted octanol–water partition coefficient (Wildman–Crippen LogP) is 2.64. The average Bonchev–Trinajstić information content (AvgIpc) is 3.15. The quantitative estimate of drug-likeness (QED) is 0.386. The molecule has 25 heavy (non-hydrogen) atoms. The van der Waals surface area contributed by atoms with E-state index in [0.717, 1.165) is 0 Å². The van der Waals surface area contributed by atoms with Crippen LogP contribution in [0.25, 0.3) is 22.1 Å². The minimum absolute atomic E-state index is 0.0595. The minimum atomic E-state index is -1.01. The highest BCUT2D eigenvalue weighted by Crippen LogP contribution is 2.24. The summed E-state index contributed by atoms with van der Waals surface area (Å²) in [5.74, 6) is 0.101. The molecule has 0 unspecified atom stereocenters. The number of carboxylic acid groups (broad SMARTS) is 1. The first-order valence-corrected chi connectivity index (χ1v) is 7.35. The molecule has 0 saturated heterocycles. The van der Waals surface area contributed by atoms with Gasteiger partial charge in [-0.1, -0.05) is 6.07 Å². The SMILES string of the molecule is O=C(O)c1ccc2nc(Cc3nc4c([N+](=O)[O-])cccc4[nH]3)[nH]c2c1. The normalized spacial score (nSPS) is 11.2. The van der Waals surface area contributed by atoms with Gasteiger partial charge in [-0.2, -0.15) is 0 Å². The molecule has 4 aromatic rings. The number of nitrogens with one attached hydrogen (secondary N) is 2. The second kappa shape index (κ2) is 5.41. The van der Waals surface area contributed by atoms with E-state index < -0.39 is 10.9 Å². The average molecular weight is 337 g/mol. The summed E-state index contributed by atoms with van der Waals surface area (Å²) in [6.07, 6.45) is 0.308. The molecule has 2 heterocycles. The summed E-state index contributed by atoms with van der Waals surface area (Å²) in [7, 11) is 0. The zero-order valence-corrected chi connectivity index (χ0v) is 12.7. The summed E-state index contributed by atoms with van der Waals surface area (Å²) in [5, 5.41) is 20.1. The van der Waals surface area contributed by atoms with Crippen molar-refractivity contribution in [3.63, 3.8) is 0 Å². The number of rotatable bonds is 4. The van der Waals surface area contributed by atoms with E-state index >= 15 is 0 Å². The Balaban J connectivity index is 1.71. The lowest BCUT2D eigenvalue weighted by Crippen LogP contribution is -1.94. The second-order valence-corrected chi connectivity index (χ2v) is 5.51. The number of carbonyl (C=O) groups is 1. The van der Waals surface area contributed by atoms with Crippen molar-refractivity contribution in [2.45, 2.75) is 6.42 Å². The van der Waals surface area contributed by atoms with E-state index in [2.05, 4.69) is 19.9 Å². The third-order valence-corrected chi connectivity index (χ3v) is 3.85. The number of nitrogens with zero attached hydrogens (tertiary/aromatic N) is 3. The van der Waals surface area contributed by atoms with Gasteiger partial charge in [0.15, 0.2) is 5.52 Å². The number of non-ortho nitro benzene ring substituents is 1. The molecule has 0 spiro atoms. The third kappa shape index (κ3) is 2.57. The lowest BCUT2D eigenvalue weighted by molar-refractivity contribution is -0.383. The number of aromatic amines is 2. The first kappa shape index (κ1) is 14.8. The standard InChI is InChI=1S/C16H11N5O4/c22-16(23)8-4-5-9-11(6-8)19-13(17-9)7-14-18-10-2-1-3-12(21(24)25)15(10)20-14/h1-6H,7H2,(H,17,19)(H,18,20)(H,22,23). The fraction of sp³-hybridized carbons (Fsp3) is 0.0625. The van der Waals surface area contributed by atoms with Crippen molar-refractivity contribution >= 4 is 33.7 Å². The molecule has 0 amide bonds. The van der Waals surface area contributed by atoms with Gasteiger partial charge < -0.3 is 15.1 Å². The highest BCUT2D eigenvalue weighted by atomic mass is 16.6. The molecular formula is C16H11N5O4. The molecule has 0 radical (unpaired) electrons. The number of hydrogen-bond acceptors (Lipinski definition) is 5. The predicted molar refractivity (Wildman–Crippen MR) is 88.6 cm³/mol. The Kier molecular flexibility index (Phi) is 3.21. The Morgan fingerprint density at radius 3 is 2.64 bits per heavy atom. The highest BCUT2D eigenvalue weighted by Gasteiger charge is 2.16. The van der Waals surface area contributed by atoms with Gasteiger partial charge in [-0.15, -0.1) is 0 Å². The molecule has 0 aliphatic rings. The Hall–Kier alpha value is -3.75. The molecule has 0 fully saturated rings. The summed E-state index contributed by atoms with van der Waals surface area (Å²) >= 11 is 0. The maximum Gasteiger partial charge on any atom is 0.335 e. The summed E-state index contributed by atoms with van der Waals surface area (Å²) in [5.41, 5.74) is 2.23. The van der Waals surface area contributed by atoms with E-state index in [1.165, 1.54) is 18.2 Å². The molecule has 2 aromatic carbocycles. The summed E-state index contributed by atoms with van der Waals surface area (Å²) in [6, 6.07) is 9.34. The zero-order chi connectivity index (χ0) is 17.6. The summed E-state index contributed by atoms with van der Waals surface area (Å²) in [4.78, 5) is 36.4. The van der Waals surface area contributed by atoms with Crippen molar-refractivity contribution in [1.29, 1.82) is 0 Å². The van der Waals surface area contributed by atoms with Crippen LogP contribution in [0.3, 0.4) is 0 Å². The number of aromatic nitrogens is 4. The lowest BCUT2D eigenvalue weighted by atomic mass is 10.2. The second-order valence-electron chi connectivity index (χ2n) is 5.51. The van der Waals surface area contributed by atoms with E-state index in [9.17, 15) is 14.9 Å². The van der Waals surface area contributed by atoms with E-state index in [1.54, 1.807) is 18.2 Å². The Morgan fingerprint density at radius 2 is 1.88 bits per heavy atom. The first-order chi connectivity index (χ1) is 12.0. The minimum Gasteiger partial charge on any atom is -0.478 e. The third-order valence-electron chi connectivity index (χ3n) is 3.85. The van der Waals surface area contributed by atoms with Crippen molar-refractivity contribution in [2.24, 2.45) is 0 Å². The molecule has 124 valence electrons. The Bertz CT molecular complexity index is 1140. The van der Waals surface area contributed by atoms with Crippen molar-refractivity contribution in [2.75, 3.05) is 0 Å². The number of aromatic carboxylic acids is 1. The van der Waals surface area contributed by atoms with Gasteiger partial charge in [0.05, 0.1) is 33.5 Å². The number of para-hydroxylation sites is 1. The molecule has 0 aliphatic heterocycles. The molecule has 9 heteroatoms. The van der Waals surface area contributed by atoms with Crippen LogP contribution < -0.4 is 0 Å². The molecule has 2 aromatic heterocycles. The number of nitro benzene ring substituents is 1. The molecule has 0 saturated carbocycles. The van der Waals surface area contributed by atoms with E-state index in [1.807, 2.05) is 0 Å². The molecule has 9 nitrogen and oxygen atoms in total. The molecular weight excluding hydrogens is 326 g/mol.